The van der Waals surface area contributed by atoms with E-state index in [0.717, 1.165) is 6.42 Å². The Balaban J connectivity index is 2.09. The van der Waals surface area contributed by atoms with Crippen LogP contribution in [0.5, 0.6) is 0 Å². The van der Waals surface area contributed by atoms with Gasteiger partial charge in [0.25, 0.3) is 0 Å². The fraction of sp³-hybridized carbons (Fsp3) is 0.933. The Morgan fingerprint density at radius 3 is 2.32 bits per heavy atom. The van der Waals surface area contributed by atoms with E-state index in [-0.39, 0.29) is 11.3 Å². The number of hydrogen-bond acceptors (Lipinski definition) is 3. The van der Waals surface area contributed by atoms with Crippen LogP contribution < -0.4 is 0 Å². The number of carboxylic acid groups (broad SMARTS) is 1. The number of aliphatic hydroxyl groups excluding tert-OH is 2. The number of carboxylic acids is 1. The molecule has 0 heterocycles. The third-order valence-electron chi connectivity index (χ3n) is 6.91. The summed E-state index contributed by atoms with van der Waals surface area (Å²) in [6, 6.07) is 0. The summed E-state index contributed by atoms with van der Waals surface area (Å²) in [6.45, 7) is 6.10. The summed E-state index contributed by atoms with van der Waals surface area (Å²) in [7, 11) is 0. The van der Waals surface area contributed by atoms with Crippen molar-refractivity contribution in [2.45, 2.75) is 58.7 Å². The second-order valence-corrected chi connectivity index (χ2v) is 7.69. The van der Waals surface area contributed by atoms with Gasteiger partial charge < -0.3 is 15.3 Å². The van der Waals surface area contributed by atoms with Crippen molar-refractivity contribution in [2.75, 3.05) is 0 Å². The van der Waals surface area contributed by atoms with Crippen LogP contribution in [0, 0.1) is 28.1 Å². The van der Waals surface area contributed by atoms with Gasteiger partial charge in [0.1, 0.15) is 5.41 Å². The molecule has 4 nitrogen and oxygen atoms in total. The van der Waals surface area contributed by atoms with Crippen molar-refractivity contribution in [2.24, 2.45) is 28.1 Å². The normalized spacial score (nSPS) is 55.0. The monoisotopic (exact) mass is 268 g/mol. The third-order valence-corrected chi connectivity index (χ3v) is 6.91. The highest BCUT2D eigenvalue weighted by Crippen LogP contribution is 2.72. The highest BCUT2D eigenvalue weighted by Gasteiger charge is 2.74. The van der Waals surface area contributed by atoms with Crippen LogP contribution in [0.4, 0.5) is 0 Å². The van der Waals surface area contributed by atoms with Crippen LogP contribution in [0.1, 0.15) is 46.5 Å². The zero-order valence-corrected chi connectivity index (χ0v) is 11.9. The fourth-order valence-electron chi connectivity index (χ4n) is 5.35. The average molecular weight is 268 g/mol. The first-order chi connectivity index (χ1) is 8.69. The van der Waals surface area contributed by atoms with Crippen LogP contribution in [-0.2, 0) is 4.79 Å². The molecule has 3 N–H and O–H groups in total. The minimum atomic E-state index is -1.17. The molecule has 0 aromatic carbocycles. The van der Waals surface area contributed by atoms with Crippen LogP contribution in [0.25, 0.3) is 0 Å². The minimum absolute atomic E-state index is 0.0384. The highest BCUT2D eigenvalue weighted by atomic mass is 16.4. The van der Waals surface area contributed by atoms with Gasteiger partial charge in [0.15, 0.2) is 0 Å². The summed E-state index contributed by atoms with van der Waals surface area (Å²) in [5, 5.41) is 30.9. The molecule has 0 saturated heterocycles. The first kappa shape index (κ1) is 13.4. The maximum absolute atomic E-state index is 12.0. The Kier molecular flexibility index (Phi) is 2.48. The molecule has 6 unspecified atom stereocenters. The maximum Gasteiger partial charge on any atom is 0.312 e. The predicted molar refractivity (Wildman–Crippen MR) is 69.4 cm³/mol. The van der Waals surface area contributed by atoms with Gasteiger partial charge in [-0.3, -0.25) is 4.79 Å². The van der Waals surface area contributed by atoms with Gasteiger partial charge in [0.05, 0.1) is 12.2 Å². The van der Waals surface area contributed by atoms with E-state index < -0.39 is 29.0 Å². The van der Waals surface area contributed by atoms with Crippen molar-refractivity contribution in [3.05, 3.63) is 0 Å². The Labute approximate surface area is 113 Å². The van der Waals surface area contributed by atoms with Crippen LogP contribution in [0.3, 0.4) is 0 Å². The molecule has 0 aromatic heterocycles. The van der Waals surface area contributed by atoms with Gasteiger partial charge in [-0.15, -0.1) is 0 Å². The van der Waals surface area contributed by atoms with E-state index in [4.69, 9.17) is 0 Å². The predicted octanol–water partition coefficient (Wildman–Crippen LogP) is 1.65. The van der Waals surface area contributed by atoms with Crippen molar-refractivity contribution in [1.29, 1.82) is 0 Å². The van der Waals surface area contributed by atoms with E-state index in [2.05, 4.69) is 13.8 Å². The first-order valence-corrected chi connectivity index (χ1v) is 7.29. The van der Waals surface area contributed by atoms with Crippen LogP contribution in [0.15, 0.2) is 0 Å². The van der Waals surface area contributed by atoms with E-state index in [1.54, 1.807) is 0 Å². The van der Waals surface area contributed by atoms with Crippen LogP contribution in [0.2, 0.25) is 0 Å². The van der Waals surface area contributed by atoms with E-state index in [9.17, 15) is 20.1 Å². The summed E-state index contributed by atoms with van der Waals surface area (Å²) >= 11 is 0. The zero-order chi connectivity index (χ0) is 14.2. The molecule has 3 rings (SSSR count). The highest BCUT2D eigenvalue weighted by molar-refractivity contribution is 5.78. The largest absolute Gasteiger partial charge is 0.481 e. The molecule has 108 valence electrons. The summed E-state index contributed by atoms with van der Waals surface area (Å²) in [6.07, 6.45) is 1.03. The van der Waals surface area contributed by atoms with Crippen LogP contribution >= 0.6 is 0 Å². The zero-order valence-electron chi connectivity index (χ0n) is 11.9. The Bertz CT molecular complexity index is 432. The van der Waals surface area contributed by atoms with Gasteiger partial charge in [0, 0.05) is 5.41 Å². The van der Waals surface area contributed by atoms with Crippen molar-refractivity contribution in [1.82, 2.24) is 0 Å². The molecule has 3 aliphatic carbocycles. The standard InChI is InChI=1S/C15H24O4/c1-13(2)8-4-6-14(3)9(16)5-7-15(14,12(18)19)11(17)10(8)13/h8-11,16-17H,4-7H2,1-3H3,(H,18,19). The molecular weight excluding hydrogens is 244 g/mol. The number of carbonyl (C=O) groups is 1. The summed E-state index contributed by atoms with van der Waals surface area (Å²) in [5.74, 6) is -0.466. The summed E-state index contributed by atoms with van der Waals surface area (Å²) < 4.78 is 0. The van der Waals surface area contributed by atoms with E-state index in [1.165, 1.54) is 0 Å². The van der Waals surface area contributed by atoms with Gasteiger partial charge in [-0.1, -0.05) is 20.8 Å². The van der Waals surface area contributed by atoms with Crippen LogP contribution in [-0.4, -0.2) is 33.5 Å². The lowest BCUT2D eigenvalue weighted by Gasteiger charge is -2.45. The number of rotatable bonds is 1. The summed E-state index contributed by atoms with van der Waals surface area (Å²) in [4.78, 5) is 12.0. The molecule has 19 heavy (non-hydrogen) atoms. The van der Waals surface area contributed by atoms with Gasteiger partial charge in [0.2, 0.25) is 0 Å². The average Bonchev–Trinajstić information content (AvgIpc) is 2.79. The molecule has 4 heteroatoms. The molecular formula is C15H24O4. The number of hydrogen-bond donors (Lipinski definition) is 3. The van der Waals surface area contributed by atoms with E-state index >= 15 is 0 Å². The molecule has 6 atom stereocenters. The Morgan fingerprint density at radius 2 is 1.74 bits per heavy atom. The lowest BCUT2D eigenvalue weighted by molar-refractivity contribution is -0.175. The second kappa shape index (κ2) is 3.53. The third kappa shape index (κ3) is 1.30. The van der Waals surface area contributed by atoms with Crippen molar-refractivity contribution in [3.63, 3.8) is 0 Å². The maximum atomic E-state index is 12.0. The summed E-state index contributed by atoms with van der Waals surface area (Å²) in [5.41, 5.74) is -1.82. The van der Waals surface area contributed by atoms with Crippen molar-refractivity contribution >= 4 is 5.97 Å². The van der Waals surface area contributed by atoms with Gasteiger partial charge in [-0.2, -0.15) is 0 Å². The quantitative estimate of drug-likeness (QED) is 0.675. The molecule has 0 radical (unpaired) electrons. The molecule has 0 bridgehead atoms. The van der Waals surface area contributed by atoms with Crippen molar-refractivity contribution in [3.8, 4) is 0 Å². The van der Waals surface area contributed by atoms with E-state index in [0.29, 0.717) is 25.2 Å². The molecule has 0 spiro atoms. The lowest BCUT2D eigenvalue weighted by Crippen LogP contribution is -2.54. The molecule has 0 aromatic rings. The Morgan fingerprint density at radius 1 is 1.11 bits per heavy atom. The number of aliphatic hydroxyl groups is 2. The molecule has 0 aliphatic heterocycles. The smallest absolute Gasteiger partial charge is 0.312 e. The van der Waals surface area contributed by atoms with E-state index in [1.807, 2.05) is 6.92 Å². The lowest BCUT2D eigenvalue weighted by atomic mass is 9.60. The molecule has 3 fully saturated rings. The molecule has 3 aliphatic rings. The number of aliphatic carboxylic acids is 1. The van der Waals surface area contributed by atoms with Gasteiger partial charge >= 0.3 is 5.97 Å². The fourth-order valence-corrected chi connectivity index (χ4v) is 5.35. The topological polar surface area (TPSA) is 77.8 Å². The second-order valence-electron chi connectivity index (χ2n) is 7.69. The van der Waals surface area contributed by atoms with Crippen molar-refractivity contribution < 1.29 is 20.1 Å². The van der Waals surface area contributed by atoms with Gasteiger partial charge in [-0.25, -0.2) is 0 Å². The van der Waals surface area contributed by atoms with Gasteiger partial charge in [-0.05, 0) is 42.9 Å². The molecule has 0 amide bonds. The SMILES string of the molecule is CC1(C)C2CCC3(C)C(O)CCC3(C(=O)O)C(O)C21. The minimum Gasteiger partial charge on any atom is -0.481 e. The first-order valence-electron chi connectivity index (χ1n) is 7.29. The Hall–Kier alpha value is -0.610. The number of fused-ring (bicyclic) bond motifs is 2. The molecule has 3 saturated carbocycles.